The molecule has 11 heavy (non-hydrogen) atoms. The Hall–Kier alpha value is -0.570. The predicted octanol–water partition coefficient (Wildman–Crippen LogP) is 0.478. The van der Waals surface area contributed by atoms with E-state index >= 15 is 0 Å². The topological polar surface area (TPSA) is 57.5 Å². The molecule has 0 aromatic carbocycles. The number of carbonyl (C=O) groups is 1. The molecule has 0 saturated heterocycles. The summed E-state index contributed by atoms with van der Waals surface area (Å²) < 4.78 is 0. The van der Waals surface area contributed by atoms with Crippen molar-refractivity contribution in [1.82, 2.24) is 0 Å². The van der Waals surface area contributed by atoms with Crippen molar-refractivity contribution in [1.29, 1.82) is 0 Å². The first-order valence-corrected chi connectivity index (χ1v) is 4.11. The molecule has 0 aromatic rings. The second kappa shape index (κ2) is 2.21. The van der Waals surface area contributed by atoms with Gasteiger partial charge < -0.3 is 10.2 Å². The summed E-state index contributed by atoms with van der Waals surface area (Å²) in [4.78, 5) is 10.6. The Balaban J connectivity index is 2.14. The molecular weight excluding hydrogens is 144 g/mol. The molecule has 2 bridgehead atoms. The summed E-state index contributed by atoms with van der Waals surface area (Å²) >= 11 is 0. The molecule has 62 valence electrons. The zero-order chi connectivity index (χ0) is 8.01. The van der Waals surface area contributed by atoms with Crippen LogP contribution in [-0.4, -0.2) is 22.3 Å². The van der Waals surface area contributed by atoms with Crippen LogP contribution < -0.4 is 0 Å². The second-order valence-electron chi connectivity index (χ2n) is 3.67. The Morgan fingerprint density at radius 2 is 2.09 bits per heavy atom. The van der Waals surface area contributed by atoms with E-state index in [2.05, 4.69) is 0 Å². The van der Waals surface area contributed by atoms with Gasteiger partial charge in [-0.2, -0.15) is 0 Å². The normalized spacial score (nSPS) is 48.1. The van der Waals surface area contributed by atoms with Crippen LogP contribution in [0, 0.1) is 17.8 Å². The standard InChI is InChI=1S/C8H12O3/c9-7-4-1-2-5(7)6(3-4)8(10)11/h4-7,9H,1-3H2,(H,10,11)/t4-,5-,6-,7-/m1/s1. The highest BCUT2D eigenvalue weighted by Crippen LogP contribution is 2.48. The van der Waals surface area contributed by atoms with Crippen LogP contribution in [0.15, 0.2) is 0 Å². The molecule has 4 atom stereocenters. The molecule has 3 heteroatoms. The first-order chi connectivity index (χ1) is 5.20. The summed E-state index contributed by atoms with van der Waals surface area (Å²) in [6.45, 7) is 0. The summed E-state index contributed by atoms with van der Waals surface area (Å²) in [7, 11) is 0. The van der Waals surface area contributed by atoms with Crippen LogP contribution in [0.1, 0.15) is 19.3 Å². The lowest BCUT2D eigenvalue weighted by Crippen LogP contribution is -2.22. The van der Waals surface area contributed by atoms with Crippen LogP contribution in [0.5, 0.6) is 0 Å². The minimum Gasteiger partial charge on any atom is -0.481 e. The number of hydrogen-bond acceptors (Lipinski definition) is 2. The van der Waals surface area contributed by atoms with Crippen molar-refractivity contribution in [3.63, 3.8) is 0 Å². The van der Waals surface area contributed by atoms with Gasteiger partial charge >= 0.3 is 5.97 Å². The highest BCUT2D eigenvalue weighted by molar-refractivity contribution is 5.71. The second-order valence-corrected chi connectivity index (χ2v) is 3.67. The van der Waals surface area contributed by atoms with Crippen LogP contribution in [0.2, 0.25) is 0 Å². The number of rotatable bonds is 1. The molecule has 0 heterocycles. The van der Waals surface area contributed by atoms with Crippen LogP contribution in [-0.2, 0) is 4.79 Å². The third kappa shape index (κ3) is 0.872. The van der Waals surface area contributed by atoms with Gasteiger partial charge in [0.25, 0.3) is 0 Å². The van der Waals surface area contributed by atoms with E-state index < -0.39 is 5.97 Å². The summed E-state index contributed by atoms with van der Waals surface area (Å²) in [5.74, 6) is -0.654. The Morgan fingerprint density at radius 1 is 1.36 bits per heavy atom. The summed E-state index contributed by atoms with van der Waals surface area (Å²) in [5, 5.41) is 18.2. The summed E-state index contributed by atoms with van der Waals surface area (Å²) in [6, 6.07) is 0. The van der Waals surface area contributed by atoms with Gasteiger partial charge in [-0.15, -0.1) is 0 Å². The minimum absolute atomic E-state index is 0.0532. The largest absolute Gasteiger partial charge is 0.481 e. The average molecular weight is 156 g/mol. The van der Waals surface area contributed by atoms with Gasteiger partial charge in [0.15, 0.2) is 0 Å². The minimum atomic E-state index is -0.726. The van der Waals surface area contributed by atoms with Crippen LogP contribution >= 0.6 is 0 Å². The maximum absolute atomic E-state index is 10.6. The maximum atomic E-state index is 10.6. The molecule has 2 aliphatic carbocycles. The number of fused-ring (bicyclic) bond motifs is 2. The van der Waals surface area contributed by atoms with E-state index in [1.54, 1.807) is 0 Å². The lowest BCUT2D eigenvalue weighted by molar-refractivity contribution is -0.143. The van der Waals surface area contributed by atoms with Crippen molar-refractivity contribution in [3.05, 3.63) is 0 Å². The van der Waals surface area contributed by atoms with E-state index in [-0.39, 0.29) is 23.9 Å². The van der Waals surface area contributed by atoms with Crippen molar-refractivity contribution < 1.29 is 15.0 Å². The maximum Gasteiger partial charge on any atom is 0.306 e. The number of hydrogen-bond donors (Lipinski definition) is 2. The van der Waals surface area contributed by atoms with Gasteiger partial charge in [0.2, 0.25) is 0 Å². The van der Waals surface area contributed by atoms with Crippen LogP contribution in [0.4, 0.5) is 0 Å². The molecule has 2 rings (SSSR count). The van der Waals surface area contributed by atoms with E-state index in [0.717, 1.165) is 12.8 Å². The SMILES string of the molecule is O=C(O)[C@@H]1C[C@H]2CC[C@H]1[C@@H]2O. The monoisotopic (exact) mass is 156 g/mol. The number of aliphatic hydroxyl groups excluding tert-OH is 1. The zero-order valence-electron chi connectivity index (χ0n) is 6.23. The van der Waals surface area contributed by atoms with Crippen molar-refractivity contribution in [2.45, 2.75) is 25.4 Å². The third-order valence-corrected chi connectivity index (χ3v) is 3.18. The van der Waals surface area contributed by atoms with Crippen molar-refractivity contribution >= 4 is 5.97 Å². The average Bonchev–Trinajstić information content (AvgIpc) is 2.46. The predicted molar refractivity (Wildman–Crippen MR) is 38.0 cm³/mol. The van der Waals surface area contributed by atoms with E-state index in [9.17, 15) is 9.90 Å². The lowest BCUT2D eigenvalue weighted by Gasteiger charge is -2.15. The fraction of sp³-hybridized carbons (Fsp3) is 0.875. The quantitative estimate of drug-likeness (QED) is 0.580. The Morgan fingerprint density at radius 3 is 2.36 bits per heavy atom. The van der Waals surface area contributed by atoms with Gasteiger partial charge in [-0.05, 0) is 31.1 Å². The van der Waals surface area contributed by atoms with Crippen molar-refractivity contribution in [3.8, 4) is 0 Å². The van der Waals surface area contributed by atoms with Crippen molar-refractivity contribution in [2.24, 2.45) is 17.8 Å². The van der Waals surface area contributed by atoms with Crippen LogP contribution in [0.25, 0.3) is 0 Å². The first kappa shape index (κ1) is 7.10. The Kier molecular flexibility index (Phi) is 1.42. The smallest absolute Gasteiger partial charge is 0.306 e. The third-order valence-electron chi connectivity index (χ3n) is 3.18. The molecule has 0 unspecified atom stereocenters. The van der Waals surface area contributed by atoms with Gasteiger partial charge in [-0.1, -0.05) is 0 Å². The summed E-state index contributed by atoms with van der Waals surface area (Å²) in [5.41, 5.74) is 0. The molecular formula is C8H12O3. The molecule has 2 aliphatic rings. The summed E-state index contributed by atoms with van der Waals surface area (Å²) in [6.07, 6.45) is 2.30. The fourth-order valence-corrected chi connectivity index (χ4v) is 2.58. The van der Waals surface area contributed by atoms with Crippen LogP contribution in [0.3, 0.4) is 0 Å². The number of aliphatic hydroxyl groups is 1. The van der Waals surface area contributed by atoms with Gasteiger partial charge in [-0.25, -0.2) is 0 Å². The van der Waals surface area contributed by atoms with E-state index in [0.29, 0.717) is 6.42 Å². The Labute approximate surface area is 65.0 Å². The molecule has 0 aliphatic heterocycles. The van der Waals surface area contributed by atoms with Crippen molar-refractivity contribution in [2.75, 3.05) is 0 Å². The Bertz CT molecular complexity index is 190. The molecule has 0 aromatic heterocycles. The highest BCUT2D eigenvalue weighted by Gasteiger charge is 2.49. The van der Waals surface area contributed by atoms with Gasteiger partial charge in [-0.3, -0.25) is 4.79 Å². The molecule has 0 radical (unpaired) electrons. The van der Waals surface area contributed by atoms with E-state index in [1.165, 1.54) is 0 Å². The van der Waals surface area contributed by atoms with Gasteiger partial charge in [0.05, 0.1) is 12.0 Å². The first-order valence-electron chi connectivity index (χ1n) is 4.11. The molecule has 3 nitrogen and oxygen atoms in total. The van der Waals surface area contributed by atoms with Gasteiger partial charge in [0, 0.05) is 0 Å². The van der Waals surface area contributed by atoms with E-state index in [4.69, 9.17) is 5.11 Å². The number of carboxylic acid groups (broad SMARTS) is 1. The fourth-order valence-electron chi connectivity index (χ4n) is 2.58. The molecule has 0 spiro atoms. The number of aliphatic carboxylic acids is 1. The number of carboxylic acids is 1. The van der Waals surface area contributed by atoms with Gasteiger partial charge in [0.1, 0.15) is 0 Å². The molecule has 0 amide bonds. The highest BCUT2D eigenvalue weighted by atomic mass is 16.4. The lowest BCUT2D eigenvalue weighted by atomic mass is 9.89. The molecule has 2 N–H and O–H groups in total. The van der Waals surface area contributed by atoms with E-state index in [1.807, 2.05) is 0 Å². The molecule has 2 saturated carbocycles. The molecule has 2 fully saturated rings. The zero-order valence-corrected chi connectivity index (χ0v) is 6.23.